The Morgan fingerprint density at radius 1 is 1.20 bits per heavy atom. The summed E-state index contributed by atoms with van der Waals surface area (Å²) in [6.45, 7) is 0. The topological polar surface area (TPSA) is 97.1 Å². The van der Waals surface area contributed by atoms with E-state index < -0.39 is 5.97 Å². The van der Waals surface area contributed by atoms with Gasteiger partial charge < -0.3 is 10.4 Å². The number of benzene rings is 1. The van der Waals surface area contributed by atoms with Gasteiger partial charge in [-0.05, 0) is 37.8 Å². The summed E-state index contributed by atoms with van der Waals surface area (Å²) in [7, 11) is 1.68. The standard InChI is InChI=1S/C21H21ClN4O3.ClH/c1-26-18-13(10-16(19(26)27)15-4-2-3-5-17(15)22)11-23-21(25-18)24-14-8-6-12(7-9-14)20(28)29;/h2-5,10-12,14H,6-9H2,1H3,(H,28,29)(H,23,24,25);1H. The van der Waals surface area contributed by atoms with Crippen LogP contribution in [0.25, 0.3) is 22.2 Å². The molecule has 7 nitrogen and oxygen atoms in total. The van der Waals surface area contributed by atoms with Gasteiger partial charge in [-0.15, -0.1) is 12.4 Å². The van der Waals surface area contributed by atoms with Gasteiger partial charge in [0.2, 0.25) is 5.95 Å². The van der Waals surface area contributed by atoms with E-state index in [2.05, 4.69) is 15.3 Å². The van der Waals surface area contributed by atoms with Gasteiger partial charge in [0.1, 0.15) is 5.65 Å². The van der Waals surface area contributed by atoms with E-state index in [4.69, 9.17) is 16.7 Å². The van der Waals surface area contributed by atoms with Crippen molar-refractivity contribution >= 4 is 47.0 Å². The third kappa shape index (κ3) is 4.27. The van der Waals surface area contributed by atoms with Crippen LogP contribution in [-0.2, 0) is 11.8 Å². The summed E-state index contributed by atoms with van der Waals surface area (Å²) in [6, 6.07) is 9.12. The van der Waals surface area contributed by atoms with E-state index in [1.165, 1.54) is 4.57 Å². The Balaban J connectivity index is 0.00000256. The largest absolute Gasteiger partial charge is 0.481 e. The van der Waals surface area contributed by atoms with Crippen LogP contribution in [0.15, 0.2) is 41.3 Å². The van der Waals surface area contributed by atoms with E-state index in [-0.39, 0.29) is 29.9 Å². The van der Waals surface area contributed by atoms with Crippen molar-refractivity contribution in [3.63, 3.8) is 0 Å². The molecule has 158 valence electrons. The molecule has 2 heterocycles. The Bertz CT molecular complexity index is 1140. The number of rotatable bonds is 4. The Labute approximate surface area is 184 Å². The zero-order chi connectivity index (χ0) is 20.5. The molecular formula is C21H22Cl2N4O3. The lowest BCUT2D eigenvalue weighted by atomic mass is 9.86. The lowest BCUT2D eigenvalue weighted by Crippen LogP contribution is -2.30. The van der Waals surface area contributed by atoms with Crippen LogP contribution in [0.4, 0.5) is 5.95 Å². The summed E-state index contributed by atoms with van der Waals surface area (Å²) in [5, 5.41) is 13.7. The van der Waals surface area contributed by atoms with Crippen molar-refractivity contribution < 1.29 is 9.90 Å². The number of carboxylic acids is 1. The lowest BCUT2D eigenvalue weighted by Gasteiger charge is -2.26. The van der Waals surface area contributed by atoms with Crippen molar-refractivity contribution in [1.29, 1.82) is 0 Å². The minimum Gasteiger partial charge on any atom is -0.481 e. The quantitative estimate of drug-likeness (QED) is 0.622. The fourth-order valence-electron chi connectivity index (χ4n) is 3.86. The fraction of sp³-hybridized carbons (Fsp3) is 0.333. The molecule has 0 unspecified atom stereocenters. The predicted octanol–water partition coefficient (Wildman–Crippen LogP) is 4.13. The average molecular weight is 449 g/mol. The molecule has 2 N–H and O–H groups in total. The molecular weight excluding hydrogens is 427 g/mol. The van der Waals surface area contributed by atoms with Crippen LogP contribution in [0.2, 0.25) is 5.02 Å². The average Bonchev–Trinajstić information content (AvgIpc) is 2.72. The lowest BCUT2D eigenvalue weighted by molar-refractivity contribution is -0.142. The first kappa shape index (κ1) is 22.1. The minimum atomic E-state index is -0.727. The van der Waals surface area contributed by atoms with E-state index in [1.54, 1.807) is 25.4 Å². The van der Waals surface area contributed by atoms with Gasteiger partial charge in [0.05, 0.1) is 5.92 Å². The van der Waals surface area contributed by atoms with Gasteiger partial charge >= 0.3 is 5.97 Å². The number of carboxylic acid groups (broad SMARTS) is 1. The zero-order valence-corrected chi connectivity index (χ0v) is 17.9. The maximum atomic E-state index is 12.9. The highest BCUT2D eigenvalue weighted by Gasteiger charge is 2.26. The number of pyridine rings is 1. The second-order valence-corrected chi connectivity index (χ2v) is 7.81. The number of fused-ring (bicyclic) bond motifs is 1. The summed E-state index contributed by atoms with van der Waals surface area (Å²) in [6.07, 6.45) is 4.47. The molecule has 1 saturated carbocycles. The Morgan fingerprint density at radius 2 is 1.90 bits per heavy atom. The number of hydrogen-bond acceptors (Lipinski definition) is 5. The number of nitrogens with zero attached hydrogens (tertiary/aromatic N) is 3. The van der Waals surface area contributed by atoms with Gasteiger partial charge in [-0.25, -0.2) is 4.98 Å². The van der Waals surface area contributed by atoms with Crippen LogP contribution in [0, 0.1) is 5.92 Å². The number of aromatic nitrogens is 3. The first-order chi connectivity index (χ1) is 13.9. The second kappa shape index (κ2) is 9.02. The van der Waals surface area contributed by atoms with Crippen molar-refractivity contribution in [2.75, 3.05) is 5.32 Å². The molecule has 3 aromatic rings. The summed E-state index contributed by atoms with van der Waals surface area (Å²) in [5.41, 5.74) is 1.52. The van der Waals surface area contributed by atoms with E-state index in [0.717, 1.165) is 18.2 Å². The second-order valence-electron chi connectivity index (χ2n) is 7.41. The molecule has 0 radical (unpaired) electrons. The minimum absolute atomic E-state index is 0. The monoisotopic (exact) mass is 448 g/mol. The summed E-state index contributed by atoms with van der Waals surface area (Å²) in [4.78, 5) is 32.9. The van der Waals surface area contributed by atoms with Crippen molar-refractivity contribution in [1.82, 2.24) is 14.5 Å². The highest BCUT2D eigenvalue weighted by atomic mass is 35.5. The van der Waals surface area contributed by atoms with Gasteiger partial charge in [0.25, 0.3) is 5.56 Å². The normalized spacial score (nSPS) is 18.6. The van der Waals surface area contributed by atoms with Crippen LogP contribution < -0.4 is 10.9 Å². The number of halogens is 2. The molecule has 4 rings (SSSR count). The first-order valence-electron chi connectivity index (χ1n) is 9.55. The van der Waals surface area contributed by atoms with Crippen molar-refractivity contribution in [3.8, 4) is 11.1 Å². The zero-order valence-electron chi connectivity index (χ0n) is 16.3. The Kier molecular flexibility index (Phi) is 6.63. The van der Waals surface area contributed by atoms with E-state index in [0.29, 0.717) is 40.6 Å². The number of aliphatic carboxylic acids is 1. The molecule has 0 saturated heterocycles. The smallest absolute Gasteiger partial charge is 0.306 e. The molecule has 1 fully saturated rings. The molecule has 0 spiro atoms. The van der Waals surface area contributed by atoms with E-state index in [9.17, 15) is 9.59 Å². The third-order valence-electron chi connectivity index (χ3n) is 5.52. The SMILES string of the molecule is Cl.Cn1c(=O)c(-c2ccccc2Cl)cc2cnc(NC3CCC(C(=O)O)CC3)nc21. The molecule has 9 heteroatoms. The number of aryl methyl sites for hydroxylation is 1. The number of hydrogen-bond donors (Lipinski definition) is 2. The fourth-order valence-corrected chi connectivity index (χ4v) is 4.09. The van der Waals surface area contributed by atoms with Crippen LogP contribution in [-0.4, -0.2) is 31.7 Å². The molecule has 2 aromatic heterocycles. The van der Waals surface area contributed by atoms with Crippen LogP contribution in [0.5, 0.6) is 0 Å². The highest BCUT2D eigenvalue weighted by Crippen LogP contribution is 2.28. The molecule has 1 aromatic carbocycles. The van der Waals surface area contributed by atoms with E-state index in [1.807, 2.05) is 18.2 Å². The van der Waals surface area contributed by atoms with Crippen LogP contribution in [0.1, 0.15) is 25.7 Å². The van der Waals surface area contributed by atoms with Gasteiger partial charge in [0, 0.05) is 40.8 Å². The molecule has 30 heavy (non-hydrogen) atoms. The van der Waals surface area contributed by atoms with Crippen molar-refractivity contribution in [2.24, 2.45) is 13.0 Å². The van der Waals surface area contributed by atoms with E-state index >= 15 is 0 Å². The summed E-state index contributed by atoms with van der Waals surface area (Å²) in [5.74, 6) is -0.555. The maximum absolute atomic E-state index is 12.9. The third-order valence-corrected chi connectivity index (χ3v) is 5.85. The molecule has 0 aliphatic heterocycles. The summed E-state index contributed by atoms with van der Waals surface area (Å²) >= 11 is 6.27. The van der Waals surface area contributed by atoms with Crippen molar-refractivity contribution in [2.45, 2.75) is 31.7 Å². The van der Waals surface area contributed by atoms with Crippen molar-refractivity contribution in [3.05, 3.63) is 51.9 Å². The van der Waals surface area contributed by atoms with Crippen LogP contribution in [0.3, 0.4) is 0 Å². The number of carbonyl (C=O) groups is 1. The molecule has 1 aliphatic rings. The number of nitrogens with one attached hydrogen (secondary N) is 1. The van der Waals surface area contributed by atoms with Gasteiger partial charge in [-0.3, -0.25) is 14.2 Å². The predicted molar refractivity (Wildman–Crippen MR) is 119 cm³/mol. The van der Waals surface area contributed by atoms with Gasteiger partial charge in [0.15, 0.2) is 0 Å². The Hall–Kier alpha value is -2.64. The molecule has 0 bridgehead atoms. The van der Waals surface area contributed by atoms with Gasteiger partial charge in [-0.1, -0.05) is 29.8 Å². The highest BCUT2D eigenvalue weighted by molar-refractivity contribution is 6.33. The molecule has 1 aliphatic carbocycles. The summed E-state index contributed by atoms with van der Waals surface area (Å²) < 4.78 is 1.50. The number of anilines is 1. The van der Waals surface area contributed by atoms with Gasteiger partial charge in [-0.2, -0.15) is 4.98 Å². The Morgan fingerprint density at radius 3 is 2.57 bits per heavy atom. The first-order valence-corrected chi connectivity index (χ1v) is 9.93. The molecule has 0 atom stereocenters. The van der Waals surface area contributed by atoms with Crippen LogP contribution >= 0.6 is 24.0 Å². The maximum Gasteiger partial charge on any atom is 0.306 e. The molecule has 0 amide bonds.